The molecule has 4 nitrogen and oxygen atoms in total. The van der Waals surface area contributed by atoms with E-state index in [1.807, 2.05) is 24.3 Å². The highest BCUT2D eigenvalue weighted by molar-refractivity contribution is 5.57. The topological polar surface area (TPSA) is 98.3 Å². The molecule has 0 aliphatic carbocycles. The molecule has 16 heavy (non-hydrogen) atoms. The molecule has 0 radical (unpaired) electrons. The molecule has 0 heterocycles. The van der Waals surface area contributed by atoms with Gasteiger partial charge in [-0.1, -0.05) is 30.4 Å². The number of rotatable bonds is 5. The van der Waals surface area contributed by atoms with Gasteiger partial charge in [0.25, 0.3) is 0 Å². The van der Waals surface area contributed by atoms with Crippen LogP contribution in [0.3, 0.4) is 0 Å². The molecular formula is C12H19N3O. The normalized spacial score (nSPS) is 12.2. The van der Waals surface area contributed by atoms with Crippen molar-refractivity contribution in [3.05, 3.63) is 35.9 Å². The minimum absolute atomic E-state index is 0.235. The molecule has 0 fully saturated rings. The molecule has 7 N–H and O–H groups in total. The highest BCUT2D eigenvalue weighted by Gasteiger charge is 2.21. The number of phenols is 1. The van der Waals surface area contributed by atoms with Crippen molar-refractivity contribution in [3.8, 4) is 5.75 Å². The Morgan fingerprint density at radius 2 is 1.62 bits per heavy atom. The molecular weight excluding hydrogens is 202 g/mol. The zero-order valence-electron chi connectivity index (χ0n) is 9.26. The van der Waals surface area contributed by atoms with Crippen LogP contribution in [0.15, 0.2) is 30.3 Å². The monoisotopic (exact) mass is 221 g/mol. The summed E-state index contributed by atoms with van der Waals surface area (Å²) in [5, 5.41) is 9.58. The zero-order valence-corrected chi connectivity index (χ0v) is 9.26. The maximum Gasteiger partial charge on any atom is 0.122 e. The fourth-order valence-corrected chi connectivity index (χ4v) is 1.35. The number of nitrogens with two attached hydrogens (primary N) is 3. The Hall–Kier alpha value is -1.36. The molecule has 0 aliphatic heterocycles. The summed E-state index contributed by atoms with van der Waals surface area (Å²) >= 11 is 0. The molecule has 0 spiro atoms. The fourth-order valence-electron chi connectivity index (χ4n) is 1.35. The van der Waals surface area contributed by atoms with Gasteiger partial charge in [0.1, 0.15) is 5.75 Å². The average molecular weight is 221 g/mol. The molecule has 0 saturated carbocycles. The number of aromatic hydroxyl groups is 1. The molecule has 0 aliphatic rings. The summed E-state index contributed by atoms with van der Waals surface area (Å²) in [6, 6.07) is 7.08. The van der Waals surface area contributed by atoms with E-state index in [4.69, 9.17) is 17.2 Å². The van der Waals surface area contributed by atoms with Crippen LogP contribution in [-0.4, -0.2) is 24.7 Å². The molecule has 88 valence electrons. The van der Waals surface area contributed by atoms with Crippen molar-refractivity contribution in [2.45, 2.75) is 0 Å². The Morgan fingerprint density at radius 1 is 1.06 bits per heavy atom. The Kier molecular flexibility index (Phi) is 4.49. The minimum Gasteiger partial charge on any atom is -0.507 e. The first kappa shape index (κ1) is 12.7. The lowest BCUT2D eigenvalue weighted by Gasteiger charge is -2.25. The van der Waals surface area contributed by atoms with Crippen LogP contribution in [0.5, 0.6) is 5.75 Å². The van der Waals surface area contributed by atoms with Crippen molar-refractivity contribution in [2.75, 3.05) is 19.6 Å². The lowest BCUT2D eigenvalue weighted by molar-refractivity contribution is 0.420. The summed E-state index contributed by atoms with van der Waals surface area (Å²) in [6.45, 7) is 1.18. The van der Waals surface area contributed by atoms with E-state index < -0.39 is 0 Å². The van der Waals surface area contributed by atoms with Crippen LogP contribution in [0.25, 0.3) is 6.08 Å². The second kappa shape index (κ2) is 5.65. The predicted octanol–water partition coefficient (Wildman–Crippen LogP) is 0.268. The predicted molar refractivity (Wildman–Crippen MR) is 66.7 cm³/mol. The third kappa shape index (κ3) is 2.82. The summed E-state index contributed by atoms with van der Waals surface area (Å²) in [7, 11) is 0. The van der Waals surface area contributed by atoms with Gasteiger partial charge in [-0.2, -0.15) is 0 Å². The maximum absolute atomic E-state index is 9.58. The lowest BCUT2D eigenvalue weighted by atomic mass is 9.87. The van der Waals surface area contributed by atoms with Crippen LogP contribution < -0.4 is 17.2 Å². The first-order chi connectivity index (χ1) is 7.67. The summed E-state index contributed by atoms with van der Waals surface area (Å²) in [5.74, 6) is 0.235. The Balaban J connectivity index is 2.91. The number of para-hydroxylation sites is 1. The first-order valence-electron chi connectivity index (χ1n) is 5.25. The van der Waals surface area contributed by atoms with Crippen molar-refractivity contribution < 1.29 is 5.11 Å². The first-order valence-corrected chi connectivity index (χ1v) is 5.25. The Bertz CT molecular complexity index is 351. The number of hydrogen-bond acceptors (Lipinski definition) is 4. The van der Waals surface area contributed by atoms with E-state index in [1.165, 1.54) is 0 Å². The minimum atomic E-state index is -0.387. The van der Waals surface area contributed by atoms with Crippen LogP contribution in [-0.2, 0) is 0 Å². The van der Waals surface area contributed by atoms with Crippen LogP contribution in [0.1, 0.15) is 5.56 Å². The SMILES string of the molecule is NCC(C=Cc1ccccc1O)(CN)CN. The van der Waals surface area contributed by atoms with Gasteiger partial charge in [-0.05, 0) is 6.07 Å². The summed E-state index contributed by atoms with van der Waals surface area (Å²) < 4.78 is 0. The standard InChI is InChI=1S/C12H19N3O/c13-7-12(8-14,9-15)6-5-10-3-1-2-4-11(10)16/h1-6,16H,7-9,13-15H2. The van der Waals surface area contributed by atoms with E-state index in [2.05, 4.69) is 0 Å². The number of hydrogen-bond donors (Lipinski definition) is 4. The highest BCUT2D eigenvalue weighted by Crippen LogP contribution is 2.21. The summed E-state index contributed by atoms with van der Waals surface area (Å²) in [6.07, 6.45) is 3.68. The highest BCUT2D eigenvalue weighted by atomic mass is 16.3. The van der Waals surface area contributed by atoms with Gasteiger partial charge in [-0.15, -0.1) is 0 Å². The smallest absolute Gasteiger partial charge is 0.122 e. The van der Waals surface area contributed by atoms with Gasteiger partial charge < -0.3 is 22.3 Å². The van der Waals surface area contributed by atoms with Gasteiger partial charge in [0.2, 0.25) is 0 Å². The van der Waals surface area contributed by atoms with Crippen LogP contribution in [0, 0.1) is 5.41 Å². The Labute approximate surface area is 95.7 Å². The van der Waals surface area contributed by atoms with E-state index in [-0.39, 0.29) is 11.2 Å². The van der Waals surface area contributed by atoms with Crippen molar-refractivity contribution in [2.24, 2.45) is 22.6 Å². The van der Waals surface area contributed by atoms with E-state index >= 15 is 0 Å². The van der Waals surface area contributed by atoms with E-state index in [1.54, 1.807) is 12.1 Å². The van der Waals surface area contributed by atoms with E-state index in [0.29, 0.717) is 19.6 Å². The van der Waals surface area contributed by atoms with Crippen molar-refractivity contribution in [3.63, 3.8) is 0 Å². The van der Waals surface area contributed by atoms with Crippen molar-refractivity contribution in [1.82, 2.24) is 0 Å². The molecule has 1 aromatic carbocycles. The molecule has 0 atom stereocenters. The quantitative estimate of drug-likeness (QED) is 0.573. The van der Waals surface area contributed by atoms with Gasteiger partial charge in [0, 0.05) is 30.6 Å². The summed E-state index contributed by atoms with van der Waals surface area (Å²) in [5.41, 5.74) is 17.3. The summed E-state index contributed by atoms with van der Waals surface area (Å²) in [4.78, 5) is 0. The van der Waals surface area contributed by atoms with Crippen molar-refractivity contribution >= 4 is 6.08 Å². The van der Waals surface area contributed by atoms with Crippen LogP contribution in [0.2, 0.25) is 0 Å². The zero-order chi connectivity index (χ0) is 12.0. The molecule has 0 bridgehead atoms. The molecule has 1 rings (SSSR count). The molecule has 4 heteroatoms. The largest absolute Gasteiger partial charge is 0.507 e. The maximum atomic E-state index is 9.58. The van der Waals surface area contributed by atoms with Gasteiger partial charge in [0.15, 0.2) is 0 Å². The van der Waals surface area contributed by atoms with Crippen molar-refractivity contribution in [1.29, 1.82) is 0 Å². The molecule has 0 unspecified atom stereocenters. The fraction of sp³-hybridized carbons (Fsp3) is 0.333. The van der Waals surface area contributed by atoms with Crippen LogP contribution >= 0.6 is 0 Å². The molecule has 1 aromatic rings. The van der Waals surface area contributed by atoms with E-state index in [0.717, 1.165) is 5.56 Å². The average Bonchev–Trinajstić information content (AvgIpc) is 2.34. The number of phenolic OH excluding ortho intramolecular Hbond substituents is 1. The lowest BCUT2D eigenvalue weighted by Crippen LogP contribution is -2.42. The second-order valence-electron chi connectivity index (χ2n) is 3.87. The van der Waals surface area contributed by atoms with E-state index in [9.17, 15) is 5.11 Å². The van der Waals surface area contributed by atoms with Gasteiger partial charge in [-0.25, -0.2) is 0 Å². The molecule has 0 saturated heterocycles. The Morgan fingerprint density at radius 3 is 2.12 bits per heavy atom. The second-order valence-corrected chi connectivity index (χ2v) is 3.87. The third-order valence-corrected chi connectivity index (χ3v) is 2.77. The van der Waals surface area contributed by atoms with Gasteiger partial charge in [-0.3, -0.25) is 0 Å². The molecule has 0 amide bonds. The van der Waals surface area contributed by atoms with Crippen LogP contribution in [0.4, 0.5) is 0 Å². The molecule has 0 aromatic heterocycles. The number of benzene rings is 1. The third-order valence-electron chi connectivity index (χ3n) is 2.77. The van der Waals surface area contributed by atoms with Gasteiger partial charge >= 0.3 is 0 Å². The van der Waals surface area contributed by atoms with Gasteiger partial charge in [0.05, 0.1) is 0 Å².